The largest absolute Gasteiger partial charge is 0.384 e. The Morgan fingerprint density at radius 1 is 1.11 bits per heavy atom. The third-order valence-electron chi connectivity index (χ3n) is 1.23. The lowest BCUT2D eigenvalue weighted by Gasteiger charge is -2.31. The summed E-state index contributed by atoms with van der Waals surface area (Å²) in [6.45, 7) is 1.58. The van der Waals surface area contributed by atoms with Crippen LogP contribution >= 0.6 is 0 Å². The summed E-state index contributed by atoms with van der Waals surface area (Å²) < 4.78 is 0.373. The van der Waals surface area contributed by atoms with Gasteiger partial charge in [0, 0.05) is 0 Å². The fraction of sp³-hybridized carbons (Fsp3) is 1.00. The molecule has 0 aliphatic rings. The van der Waals surface area contributed by atoms with Gasteiger partial charge in [-0.3, -0.25) is 0 Å². The van der Waals surface area contributed by atoms with Gasteiger partial charge in [0.15, 0.2) is 0 Å². The maximum atomic E-state index is 9.19. The smallest absolute Gasteiger partial charge is 0.216 e. The van der Waals surface area contributed by atoms with Gasteiger partial charge in [0.05, 0.1) is 21.1 Å². The van der Waals surface area contributed by atoms with E-state index >= 15 is 0 Å². The number of rotatable bonds is 2. The highest BCUT2D eigenvalue weighted by molar-refractivity contribution is 4.47. The van der Waals surface area contributed by atoms with Gasteiger partial charge in [-0.15, -0.1) is 0 Å². The molecule has 0 heterocycles. The fourth-order valence-corrected chi connectivity index (χ4v) is 0.647. The molecule has 0 aromatic heterocycles. The van der Waals surface area contributed by atoms with Crippen molar-refractivity contribution in [2.24, 2.45) is 0 Å². The maximum absolute atomic E-state index is 9.19. The summed E-state index contributed by atoms with van der Waals surface area (Å²) in [5.74, 6) is 0. The topological polar surface area (TPSA) is 40.5 Å². The molecule has 0 saturated carbocycles. The summed E-state index contributed by atoms with van der Waals surface area (Å²) in [7, 11) is 5.49. The van der Waals surface area contributed by atoms with E-state index in [1.54, 1.807) is 6.92 Å². The summed E-state index contributed by atoms with van der Waals surface area (Å²) >= 11 is 0. The van der Waals surface area contributed by atoms with Crippen molar-refractivity contribution in [1.29, 1.82) is 0 Å². The first kappa shape index (κ1) is 8.88. The zero-order valence-corrected chi connectivity index (χ0v) is 6.50. The van der Waals surface area contributed by atoms with Crippen molar-refractivity contribution < 1.29 is 14.7 Å². The Morgan fingerprint density at radius 3 is 1.44 bits per heavy atom. The van der Waals surface area contributed by atoms with Gasteiger partial charge in [0.25, 0.3) is 0 Å². The molecule has 0 rings (SSSR count). The number of quaternary nitrogens is 1. The zero-order valence-electron chi connectivity index (χ0n) is 6.50. The summed E-state index contributed by atoms with van der Waals surface area (Å²) in [4.78, 5) is 0. The molecule has 0 spiro atoms. The summed E-state index contributed by atoms with van der Waals surface area (Å²) in [6, 6.07) is 0. The van der Waals surface area contributed by atoms with Crippen molar-refractivity contribution in [2.45, 2.75) is 19.3 Å². The van der Waals surface area contributed by atoms with Crippen molar-refractivity contribution in [1.82, 2.24) is 0 Å². The van der Waals surface area contributed by atoms with Crippen molar-refractivity contribution >= 4 is 0 Å². The second-order valence-corrected chi connectivity index (χ2v) is 3.27. The predicted molar refractivity (Wildman–Crippen MR) is 35.7 cm³/mol. The second-order valence-electron chi connectivity index (χ2n) is 3.27. The van der Waals surface area contributed by atoms with Crippen LogP contribution in [0.4, 0.5) is 0 Å². The minimum absolute atomic E-state index is 0.373. The Morgan fingerprint density at radius 2 is 1.44 bits per heavy atom. The first-order chi connectivity index (χ1) is 3.85. The number of likely N-dealkylation sites (N-methyl/N-ethyl adjacent to an activating group) is 1. The first-order valence-electron chi connectivity index (χ1n) is 3.03. The highest BCUT2D eigenvalue weighted by atomic mass is 16.3. The van der Waals surface area contributed by atoms with E-state index in [0.717, 1.165) is 0 Å². The van der Waals surface area contributed by atoms with Gasteiger partial charge in [0.2, 0.25) is 6.23 Å². The highest BCUT2D eigenvalue weighted by Crippen LogP contribution is 2.02. The van der Waals surface area contributed by atoms with Crippen LogP contribution in [-0.2, 0) is 0 Å². The van der Waals surface area contributed by atoms with Gasteiger partial charge in [0.1, 0.15) is 6.10 Å². The van der Waals surface area contributed by atoms with E-state index in [9.17, 15) is 5.11 Å². The normalized spacial score (nSPS) is 19.3. The average Bonchev–Trinajstić information content (AvgIpc) is 1.62. The molecule has 9 heavy (non-hydrogen) atoms. The predicted octanol–water partition coefficient (Wildman–Crippen LogP) is -0.608. The third kappa shape index (κ3) is 2.79. The average molecular weight is 134 g/mol. The van der Waals surface area contributed by atoms with E-state index in [1.165, 1.54) is 0 Å². The molecule has 0 saturated heterocycles. The van der Waals surface area contributed by atoms with Crippen molar-refractivity contribution in [2.75, 3.05) is 21.1 Å². The van der Waals surface area contributed by atoms with Crippen LogP contribution in [0.3, 0.4) is 0 Å². The lowest BCUT2D eigenvalue weighted by atomic mass is 10.3. The van der Waals surface area contributed by atoms with E-state index in [0.29, 0.717) is 4.48 Å². The lowest BCUT2D eigenvalue weighted by Crippen LogP contribution is -2.50. The third-order valence-corrected chi connectivity index (χ3v) is 1.23. The van der Waals surface area contributed by atoms with E-state index in [-0.39, 0.29) is 0 Å². The Kier molecular flexibility index (Phi) is 2.61. The molecule has 56 valence electrons. The van der Waals surface area contributed by atoms with E-state index in [2.05, 4.69) is 0 Å². The van der Waals surface area contributed by atoms with E-state index in [4.69, 9.17) is 5.11 Å². The van der Waals surface area contributed by atoms with Gasteiger partial charge in [-0.2, -0.15) is 0 Å². The Bertz CT molecular complexity index is 85.5. The van der Waals surface area contributed by atoms with Crippen molar-refractivity contribution in [3.05, 3.63) is 0 Å². The molecule has 0 aromatic rings. The number of nitrogens with zero attached hydrogens (tertiary/aromatic N) is 1. The SMILES string of the molecule is CC(O)C(O)[N+](C)(C)C. The maximum Gasteiger partial charge on any atom is 0.216 e. The van der Waals surface area contributed by atoms with Crippen LogP contribution in [0.2, 0.25) is 0 Å². The molecule has 0 radical (unpaired) electrons. The number of hydrogen-bond donors (Lipinski definition) is 2. The second kappa shape index (κ2) is 2.64. The summed E-state index contributed by atoms with van der Waals surface area (Å²) in [6.07, 6.45) is -1.35. The molecule has 3 heteroatoms. The molecule has 0 fully saturated rings. The van der Waals surface area contributed by atoms with Crippen LogP contribution in [0.15, 0.2) is 0 Å². The van der Waals surface area contributed by atoms with Crippen LogP contribution in [0.5, 0.6) is 0 Å². The molecule has 2 unspecified atom stereocenters. The van der Waals surface area contributed by atoms with Gasteiger partial charge in [-0.25, -0.2) is 0 Å². The van der Waals surface area contributed by atoms with Crippen molar-refractivity contribution in [3.63, 3.8) is 0 Å². The zero-order chi connectivity index (χ0) is 7.65. The fourth-order valence-electron chi connectivity index (χ4n) is 0.647. The summed E-state index contributed by atoms with van der Waals surface area (Å²) in [5, 5.41) is 18.1. The van der Waals surface area contributed by atoms with Gasteiger partial charge in [-0.05, 0) is 6.92 Å². The Hall–Kier alpha value is -0.120. The molecule has 2 atom stereocenters. The van der Waals surface area contributed by atoms with Crippen LogP contribution in [0.25, 0.3) is 0 Å². The number of aliphatic hydroxyl groups excluding tert-OH is 2. The molecular formula is C6H16NO2+. The van der Waals surface area contributed by atoms with Gasteiger partial charge < -0.3 is 14.7 Å². The van der Waals surface area contributed by atoms with Crippen LogP contribution < -0.4 is 0 Å². The van der Waals surface area contributed by atoms with Crippen LogP contribution in [0, 0.1) is 0 Å². The Labute approximate surface area is 56.1 Å². The summed E-state index contributed by atoms with van der Waals surface area (Å²) in [5.41, 5.74) is 0. The van der Waals surface area contributed by atoms with Crippen LogP contribution in [-0.4, -0.2) is 48.2 Å². The number of aliphatic hydroxyl groups is 2. The first-order valence-corrected chi connectivity index (χ1v) is 3.03. The monoisotopic (exact) mass is 134 g/mol. The quantitative estimate of drug-likeness (QED) is 0.391. The minimum atomic E-state index is -0.690. The highest BCUT2D eigenvalue weighted by Gasteiger charge is 2.24. The van der Waals surface area contributed by atoms with Gasteiger partial charge in [-0.1, -0.05) is 0 Å². The lowest BCUT2D eigenvalue weighted by molar-refractivity contribution is -0.922. The molecule has 0 bridgehead atoms. The molecule has 0 aromatic carbocycles. The van der Waals surface area contributed by atoms with E-state index in [1.807, 2.05) is 21.1 Å². The number of hydrogen-bond acceptors (Lipinski definition) is 2. The minimum Gasteiger partial charge on any atom is -0.384 e. The van der Waals surface area contributed by atoms with Crippen LogP contribution in [0.1, 0.15) is 6.92 Å². The van der Waals surface area contributed by atoms with Crippen molar-refractivity contribution in [3.8, 4) is 0 Å². The molecule has 3 nitrogen and oxygen atoms in total. The molecule has 0 aliphatic heterocycles. The molecular weight excluding hydrogens is 118 g/mol. The van der Waals surface area contributed by atoms with Gasteiger partial charge >= 0.3 is 0 Å². The molecule has 2 N–H and O–H groups in total. The molecule has 0 amide bonds. The standard InChI is InChI=1S/C6H16NO2/c1-5(8)6(9)7(2,3)4/h5-6,8-9H,1-4H3/q+1. The van der Waals surface area contributed by atoms with E-state index < -0.39 is 12.3 Å². The Balaban J connectivity index is 3.88. The molecule has 0 aliphatic carbocycles.